The molecule has 0 unspecified atom stereocenters. The Balaban J connectivity index is 2.62. The molecule has 22 heavy (non-hydrogen) atoms. The summed E-state index contributed by atoms with van der Waals surface area (Å²) in [4.78, 5) is 22.7. The van der Waals surface area contributed by atoms with Crippen LogP contribution in [0.5, 0.6) is 0 Å². The first kappa shape index (κ1) is 15.5. The number of methoxy groups -OCH3 is 1. The summed E-state index contributed by atoms with van der Waals surface area (Å²) in [5.74, 6) is -1.46. The Morgan fingerprint density at radius 1 is 1.64 bits per heavy atom. The van der Waals surface area contributed by atoms with Gasteiger partial charge in [0.15, 0.2) is 0 Å². The number of carbonyl (C=O) groups is 1. The van der Waals surface area contributed by atoms with E-state index in [9.17, 15) is 20.2 Å². The van der Waals surface area contributed by atoms with Gasteiger partial charge in [0, 0.05) is 10.9 Å². The predicted octanol–water partition coefficient (Wildman–Crippen LogP) is 1.91. The molecule has 1 aliphatic heterocycles. The molecule has 8 nitrogen and oxygen atoms in total. The highest BCUT2D eigenvalue weighted by Crippen LogP contribution is 2.42. The van der Waals surface area contributed by atoms with Crippen molar-refractivity contribution >= 4 is 23.0 Å². The van der Waals surface area contributed by atoms with Crippen LogP contribution in [0.4, 0.5) is 5.69 Å². The van der Waals surface area contributed by atoms with E-state index in [4.69, 9.17) is 15.2 Å². The van der Waals surface area contributed by atoms with Gasteiger partial charge in [0.25, 0.3) is 5.69 Å². The van der Waals surface area contributed by atoms with Crippen LogP contribution in [-0.2, 0) is 14.3 Å². The third kappa shape index (κ3) is 2.51. The number of nitro groups is 1. The van der Waals surface area contributed by atoms with Crippen LogP contribution in [-0.4, -0.2) is 18.0 Å². The van der Waals surface area contributed by atoms with Gasteiger partial charge in [-0.15, -0.1) is 11.3 Å². The fraction of sp³-hybridized carbons (Fsp3) is 0.231. The Morgan fingerprint density at radius 2 is 2.32 bits per heavy atom. The van der Waals surface area contributed by atoms with Crippen molar-refractivity contribution in [2.75, 3.05) is 7.11 Å². The molecule has 1 aromatic heterocycles. The van der Waals surface area contributed by atoms with Crippen LogP contribution in [0.2, 0.25) is 0 Å². The summed E-state index contributed by atoms with van der Waals surface area (Å²) in [6.07, 6.45) is 0. The van der Waals surface area contributed by atoms with Gasteiger partial charge in [-0.25, -0.2) is 4.79 Å². The molecule has 0 aromatic carbocycles. The highest BCUT2D eigenvalue weighted by molar-refractivity contribution is 7.10. The summed E-state index contributed by atoms with van der Waals surface area (Å²) in [7, 11) is 1.20. The second-order valence-electron chi connectivity index (χ2n) is 4.35. The minimum absolute atomic E-state index is 0.0164. The van der Waals surface area contributed by atoms with Gasteiger partial charge in [-0.2, -0.15) is 5.26 Å². The third-order valence-electron chi connectivity index (χ3n) is 3.11. The molecule has 1 aliphatic rings. The molecule has 0 fully saturated rings. The van der Waals surface area contributed by atoms with Crippen molar-refractivity contribution in [1.29, 1.82) is 5.26 Å². The highest BCUT2D eigenvalue weighted by Gasteiger charge is 2.37. The van der Waals surface area contributed by atoms with Crippen LogP contribution in [0.3, 0.4) is 0 Å². The molecule has 9 heteroatoms. The first-order valence-corrected chi connectivity index (χ1v) is 6.88. The number of rotatable bonds is 3. The molecule has 0 radical (unpaired) electrons. The van der Waals surface area contributed by atoms with E-state index in [-0.39, 0.29) is 28.5 Å². The average molecular weight is 321 g/mol. The molecule has 2 rings (SSSR count). The van der Waals surface area contributed by atoms with Gasteiger partial charge in [0.1, 0.15) is 17.4 Å². The maximum absolute atomic E-state index is 12.0. The molecule has 2 heterocycles. The minimum atomic E-state index is -0.843. The van der Waals surface area contributed by atoms with Crippen molar-refractivity contribution in [3.8, 4) is 6.07 Å². The van der Waals surface area contributed by atoms with E-state index < -0.39 is 16.8 Å². The topological polar surface area (TPSA) is 128 Å². The lowest BCUT2D eigenvalue weighted by Crippen LogP contribution is -2.24. The van der Waals surface area contributed by atoms with E-state index in [1.165, 1.54) is 25.5 Å². The van der Waals surface area contributed by atoms with Crippen molar-refractivity contribution in [2.24, 2.45) is 5.73 Å². The standard InChI is InChI=1S/C13H11N3O5S/c1-6-10(13(17)20-2)11(8(4-14)12(15)21-6)9-3-7(5-22-9)16(18)19/h3,5,11H,15H2,1-2H3/t11-/m0/s1. The lowest BCUT2D eigenvalue weighted by molar-refractivity contribution is -0.384. The van der Waals surface area contributed by atoms with E-state index in [0.29, 0.717) is 4.88 Å². The zero-order valence-corrected chi connectivity index (χ0v) is 12.5. The normalized spacial score (nSPS) is 17.8. The monoisotopic (exact) mass is 321 g/mol. The van der Waals surface area contributed by atoms with Crippen molar-refractivity contribution < 1.29 is 19.2 Å². The quantitative estimate of drug-likeness (QED) is 0.511. The molecule has 0 aliphatic carbocycles. The number of hydrogen-bond donors (Lipinski definition) is 1. The number of thiophene rings is 1. The summed E-state index contributed by atoms with van der Waals surface area (Å²) in [5.41, 5.74) is 5.69. The van der Waals surface area contributed by atoms with Gasteiger partial charge in [-0.3, -0.25) is 10.1 Å². The Kier molecular flexibility index (Phi) is 4.14. The van der Waals surface area contributed by atoms with E-state index in [0.717, 1.165) is 11.3 Å². The molecular weight excluding hydrogens is 310 g/mol. The zero-order valence-electron chi connectivity index (χ0n) is 11.7. The number of nitrogens with two attached hydrogens (primary N) is 1. The van der Waals surface area contributed by atoms with Gasteiger partial charge >= 0.3 is 5.97 Å². The Morgan fingerprint density at radius 3 is 2.82 bits per heavy atom. The van der Waals surface area contributed by atoms with Crippen molar-refractivity contribution in [3.63, 3.8) is 0 Å². The van der Waals surface area contributed by atoms with Crippen molar-refractivity contribution in [3.05, 3.63) is 49.2 Å². The molecule has 0 bridgehead atoms. The van der Waals surface area contributed by atoms with Gasteiger partial charge in [0.2, 0.25) is 5.88 Å². The number of esters is 1. The average Bonchev–Trinajstić information content (AvgIpc) is 2.95. The van der Waals surface area contributed by atoms with Gasteiger partial charge in [-0.05, 0) is 6.92 Å². The molecule has 2 N–H and O–H groups in total. The summed E-state index contributed by atoms with van der Waals surface area (Å²) in [5, 5.41) is 21.5. The highest BCUT2D eigenvalue weighted by atomic mass is 32.1. The summed E-state index contributed by atoms with van der Waals surface area (Å²) >= 11 is 1.06. The fourth-order valence-electron chi connectivity index (χ4n) is 2.13. The molecule has 0 amide bonds. The maximum atomic E-state index is 12.0. The number of nitriles is 1. The Labute approximate surface area is 129 Å². The number of ether oxygens (including phenoxy) is 2. The Hall–Kier alpha value is -2.86. The molecule has 0 saturated carbocycles. The van der Waals surface area contributed by atoms with Crippen molar-refractivity contribution in [1.82, 2.24) is 0 Å². The number of allylic oxidation sites excluding steroid dienone is 2. The Bertz CT molecular complexity index is 756. The smallest absolute Gasteiger partial charge is 0.338 e. The molecule has 1 atom stereocenters. The summed E-state index contributed by atoms with van der Waals surface area (Å²) in [6.45, 7) is 1.52. The predicted molar refractivity (Wildman–Crippen MR) is 76.3 cm³/mol. The molecule has 1 aromatic rings. The maximum Gasteiger partial charge on any atom is 0.338 e. The van der Waals surface area contributed by atoms with E-state index in [1.807, 2.05) is 6.07 Å². The van der Waals surface area contributed by atoms with Crippen LogP contribution < -0.4 is 5.73 Å². The lowest BCUT2D eigenvalue weighted by Gasteiger charge is -2.25. The second-order valence-corrected chi connectivity index (χ2v) is 5.29. The number of hydrogen-bond acceptors (Lipinski definition) is 8. The van der Waals surface area contributed by atoms with E-state index in [1.54, 1.807) is 0 Å². The SMILES string of the molecule is COC(=O)C1=C(C)OC(N)=C(C#N)[C@H]1c1cc([N+](=O)[O-])cs1. The van der Waals surface area contributed by atoms with Crippen LogP contribution >= 0.6 is 11.3 Å². The third-order valence-corrected chi connectivity index (χ3v) is 4.10. The van der Waals surface area contributed by atoms with E-state index >= 15 is 0 Å². The fourth-order valence-corrected chi connectivity index (χ4v) is 3.10. The zero-order chi connectivity index (χ0) is 16.4. The minimum Gasteiger partial charge on any atom is -0.466 e. The van der Waals surface area contributed by atoms with E-state index in [2.05, 4.69) is 0 Å². The first-order chi connectivity index (χ1) is 10.4. The van der Waals surface area contributed by atoms with Gasteiger partial charge in [0.05, 0.1) is 28.9 Å². The van der Waals surface area contributed by atoms with Gasteiger partial charge < -0.3 is 15.2 Å². The van der Waals surface area contributed by atoms with Crippen LogP contribution in [0, 0.1) is 21.4 Å². The number of nitrogens with zero attached hydrogens (tertiary/aromatic N) is 2. The second kappa shape index (κ2) is 5.87. The summed E-state index contributed by atoms with van der Waals surface area (Å²) in [6, 6.07) is 3.20. The largest absolute Gasteiger partial charge is 0.466 e. The molecule has 114 valence electrons. The van der Waals surface area contributed by atoms with Gasteiger partial charge in [-0.1, -0.05) is 0 Å². The van der Waals surface area contributed by atoms with Crippen LogP contribution in [0.15, 0.2) is 34.2 Å². The van der Waals surface area contributed by atoms with Crippen LogP contribution in [0.25, 0.3) is 0 Å². The van der Waals surface area contributed by atoms with Crippen molar-refractivity contribution in [2.45, 2.75) is 12.8 Å². The molecule has 0 spiro atoms. The molecular formula is C13H11N3O5S. The first-order valence-electron chi connectivity index (χ1n) is 6.00. The van der Waals surface area contributed by atoms with Crippen LogP contribution in [0.1, 0.15) is 17.7 Å². The lowest BCUT2D eigenvalue weighted by atomic mass is 9.87. The number of carbonyl (C=O) groups excluding carboxylic acids is 1. The molecule has 0 saturated heterocycles. The summed E-state index contributed by atoms with van der Waals surface area (Å²) < 4.78 is 9.93.